The van der Waals surface area contributed by atoms with Crippen molar-refractivity contribution in [1.82, 2.24) is 19.9 Å². The van der Waals surface area contributed by atoms with Crippen molar-refractivity contribution >= 4 is 31.9 Å². The highest BCUT2D eigenvalue weighted by molar-refractivity contribution is 7.89. The smallest absolute Gasteiger partial charge is 0.267 e. The standard InChI is InChI=1S/C21H26N4O6S2/c1-15(2)24-32(28,29)18-9-5-16(6-10-18)20(26)22-23-21(27)17-7-11-19(12-8-17)33(30,31)25-13-3-4-14-25/h5-12,15,24H,3-4,13-14H2,1-2H3,(H,22,26)(H,23,27). The van der Waals surface area contributed by atoms with Gasteiger partial charge < -0.3 is 0 Å². The number of hydrogen-bond donors (Lipinski definition) is 3. The number of benzene rings is 2. The van der Waals surface area contributed by atoms with Gasteiger partial charge in [0, 0.05) is 30.3 Å². The zero-order valence-electron chi connectivity index (χ0n) is 18.2. The Morgan fingerprint density at radius 3 is 1.61 bits per heavy atom. The Morgan fingerprint density at radius 2 is 1.18 bits per heavy atom. The molecular formula is C21H26N4O6S2. The van der Waals surface area contributed by atoms with Gasteiger partial charge >= 0.3 is 0 Å². The summed E-state index contributed by atoms with van der Waals surface area (Å²) in [6.45, 7) is 4.36. The summed E-state index contributed by atoms with van der Waals surface area (Å²) in [4.78, 5) is 24.7. The molecule has 0 saturated carbocycles. The van der Waals surface area contributed by atoms with Crippen LogP contribution in [-0.4, -0.2) is 52.1 Å². The third-order valence-corrected chi connectivity index (χ3v) is 8.51. The van der Waals surface area contributed by atoms with E-state index in [1.54, 1.807) is 13.8 Å². The lowest BCUT2D eigenvalue weighted by atomic mass is 10.2. The van der Waals surface area contributed by atoms with E-state index in [2.05, 4.69) is 15.6 Å². The van der Waals surface area contributed by atoms with Gasteiger partial charge in [-0.05, 0) is 75.2 Å². The Bertz CT molecular complexity index is 1220. The zero-order chi connectivity index (χ0) is 24.2. The van der Waals surface area contributed by atoms with E-state index in [-0.39, 0.29) is 27.0 Å². The van der Waals surface area contributed by atoms with Crippen LogP contribution in [0.4, 0.5) is 0 Å². The number of nitrogens with zero attached hydrogens (tertiary/aromatic N) is 1. The van der Waals surface area contributed by atoms with E-state index in [1.807, 2.05) is 0 Å². The fourth-order valence-electron chi connectivity index (χ4n) is 3.28. The van der Waals surface area contributed by atoms with E-state index in [9.17, 15) is 26.4 Å². The molecule has 1 fully saturated rings. The van der Waals surface area contributed by atoms with Gasteiger partial charge in [0.2, 0.25) is 20.0 Å². The minimum Gasteiger partial charge on any atom is -0.267 e. The van der Waals surface area contributed by atoms with Gasteiger partial charge in [0.15, 0.2) is 0 Å². The molecule has 2 amide bonds. The normalized spacial score (nSPS) is 14.9. The molecule has 0 unspecified atom stereocenters. The molecule has 0 spiro atoms. The van der Waals surface area contributed by atoms with Gasteiger partial charge in [-0.15, -0.1) is 0 Å². The lowest BCUT2D eigenvalue weighted by Gasteiger charge is -2.15. The van der Waals surface area contributed by atoms with E-state index in [4.69, 9.17) is 0 Å². The van der Waals surface area contributed by atoms with Crippen LogP contribution in [0.5, 0.6) is 0 Å². The van der Waals surface area contributed by atoms with Crippen molar-refractivity contribution in [1.29, 1.82) is 0 Å². The first-order chi connectivity index (χ1) is 15.5. The van der Waals surface area contributed by atoms with Crippen molar-refractivity contribution < 1.29 is 26.4 Å². The van der Waals surface area contributed by atoms with Gasteiger partial charge in [0.1, 0.15) is 0 Å². The second kappa shape index (κ2) is 10.00. The molecular weight excluding hydrogens is 468 g/mol. The van der Waals surface area contributed by atoms with E-state index in [1.165, 1.54) is 52.8 Å². The fraction of sp³-hybridized carbons (Fsp3) is 0.333. The lowest BCUT2D eigenvalue weighted by molar-refractivity contribution is 0.0846. The first kappa shape index (κ1) is 24.8. The van der Waals surface area contributed by atoms with Crippen LogP contribution in [0.15, 0.2) is 58.3 Å². The average molecular weight is 495 g/mol. The van der Waals surface area contributed by atoms with Gasteiger partial charge in [-0.25, -0.2) is 21.6 Å². The Morgan fingerprint density at radius 1 is 0.758 bits per heavy atom. The number of rotatable bonds is 7. The van der Waals surface area contributed by atoms with Crippen LogP contribution in [0.1, 0.15) is 47.4 Å². The van der Waals surface area contributed by atoms with Gasteiger partial charge in [-0.1, -0.05) is 0 Å². The highest BCUT2D eigenvalue weighted by Crippen LogP contribution is 2.21. The largest absolute Gasteiger partial charge is 0.269 e. The molecule has 1 aliphatic rings. The van der Waals surface area contributed by atoms with Crippen molar-refractivity contribution in [2.45, 2.75) is 42.5 Å². The number of nitrogens with one attached hydrogen (secondary N) is 3. The van der Waals surface area contributed by atoms with Gasteiger partial charge in [-0.2, -0.15) is 4.31 Å². The zero-order valence-corrected chi connectivity index (χ0v) is 19.9. The molecule has 33 heavy (non-hydrogen) atoms. The Balaban J connectivity index is 1.59. The minimum absolute atomic E-state index is 0.0146. The highest BCUT2D eigenvalue weighted by atomic mass is 32.2. The molecule has 3 rings (SSSR count). The molecule has 1 heterocycles. The maximum Gasteiger partial charge on any atom is 0.269 e. The molecule has 1 aliphatic heterocycles. The third-order valence-electron chi connectivity index (χ3n) is 4.93. The van der Waals surface area contributed by atoms with E-state index in [0.29, 0.717) is 13.1 Å². The predicted molar refractivity (Wildman–Crippen MR) is 121 cm³/mol. The van der Waals surface area contributed by atoms with E-state index < -0.39 is 31.9 Å². The maximum absolute atomic E-state index is 12.6. The van der Waals surface area contributed by atoms with Gasteiger partial charge in [0.05, 0.1) is 9.79 Å². The molecule has 0 bridgehead atoms. The summed E-state index contributed by atoms with van der Waals surface area (Å²) >= 11 is 0. The number of carbonyl (C=O) groups is 2. The summed E-state index contributed by atoms with van der Waals surface area (Å²) in [7, 11) is -7.26. The summed E-state index contributed by atoms with van der Waals surface area (Å²) in [5.74, 6) is -1.27. The summed E-state index contributed by atoms with van der Waals surface area (Å²) in [6.07, 6.45) is 1.65. The number of hydrogen-bond acceptors (Lipinski definition) is 6. The second-order valence-electron chi connectivity index (χ2n) is 7.84. The molecule has 178 valence electrons. The molecule has 12 heteroatoms. The van der Waals surface area contributed by atoms with Crippen LogP contribution >= 0.6 is 0 Å². The van der Waals surface area contributed by atoms with Crippen molar-refractivity contribution in [2.24, 2.45) is 0 Å². The number of amides is 2. The first-order valence-corrected chi connectivity index (χ1v) is 13.3. The van der Waals surface area contributed by atoms with Crippen LogP contribution in [0.2, 0.25) is 0 Å². The first-order valence-electron chi connectivity index (χ1n) is 10.3. The molecule has 2 aromatic rings. The average Bonchev–Trinajstić information content (AvgIpc) is 3.32. The molecule has 0 aliphatic carbocycles. The lowest BCUT2D eigenvalue weighted by Crippen LogP contribution is -2.41. The van der Waals surface area contributed by atoms with Crippen molar-refractivity contribution in [3.05, 3.63) is 59.7 Å². The Kier molecular flexibility index (Phi) is 7.52. The molecule has 3 N–H and O–H groups in total. The Labute approximate surface area is 193 Å². The van der Waals surface area contributed by atoms with Crippen molar-refractivity contribution in [3.8, 4) is 0 Å². The van der Waals surface area contributed by atoms with Crippen LogP contribution in [0, 0.1) is 0 Å². The number of carbonyl (C=O) groups excluding carboxylic acids is 2. The molecule has 2 aromatic carbocycles. The predicted octanol–water partition coefficient (Wildman–Crippen LogP) is 1.23. The summed E-state index contributed by atoms with van der Waals surface area (Å²) in [6, 6.07) is 10.4. The van der Waals surface area contributed by atoms with E-state index in [0.717, 1.165) is 12.8 Å². The molecule has 1 saturated heterocycles. The summed E-state index contributed by atoms with van der Waals surface area (Å²) in [5.41, 5.74) is 4.81. The molecule has 0 radical (unpaired) electrons. The molecule has 10 nitrogen and oxygen atoms in total. The highest BCUT2D eigenvalue weighted by Gasteiger charge is 2.27. The molecule has 0 atom stereocenters. The summed E-state index contributed by atoms with van der Waals surface area (Å²) in [5, 5.41) is 0. The van der Waals surface area contributed by atoms with Crippen LogP contribution in [0.3, 0.4) is 0 Å². The SMILES string of the molecule is CC(C)NS(=O)(=O)c1ccc(C(=O)NNC(=O)c2ccc(S(=O)(=O)N3CCCC3)cc2)cc1. The summed E-state index contributed by atoms with van der Waals surface area (Å²) < 4.78 is 53.3. The van der Waals surface area contributed by atoms with Crippen molar-refractivity contribution in [3.63, 3.8) is 0 Å². The molecule has 0 aromatic heterocycles. The minimum atomic E-state index is -3.68. The van der Waals surface area contributed by atoms with E-state index >= 15 is 0 Å². The third kappa shape index (κ3) is 5.96. The Hall–Kier alpha value is -2.80. The van der Waals surface area contributed by atoms with Crippen LogP contribution < -0.4 is 15.6 Å². The maximum atomic E-state index is 12.6. The van der Waals surface area contributed by atoms with Gasteiger partial charge in [0.25, 0.3) is 11.8 Å². The number of sulfonamides is 2. The number of hydrazine groups is 1. The quantitative estimate of drug-likeness (QED) is 0.495. The monoisotopic (exact) mass is 494 g/mol. The van der Waals surface area contributed by atoms with Crippen LogP contribution in [-0.2, 0) is 20.0 Å². The topological polar surface area (TPSA) is 142 Å². The van der Waals surface area contributed by atoms with Crippen LogP contribution in [0.25, 0.3) is 0 Å². The van der Waals surface area contributed by atoms with Crippen molar-refractivity contribution in [2.75, 3.05) is 13.1 Å². The fourth-order valence-corrected chi connectivity index (χ4v) is 6.05. The second-order valence-corrected chi connectivity index (χ2v) is 11.5. The van der Waals surface area contributed by atoms with Gasteiger partial charge in [-0.3, -0.25) is 20.4 Å².